The number of carbonyl (C=O) groups is 2. The topological polar surface area (TPSA) is 172 Å². The minimum atomic E-state index is -0.570. The van der Waals surface area contributed by atoms with Gasteiger partial charge in [0.2, 0.25) is 11.8 Å². The van der Waals surface area contributed by atoms with Crippen molar-refractivity contribution in [2.24, 2.45) is 4.99 Å². The second-order valence-corrected chi connectivity index (χ2v) is 17.1. The summed E-state index contributed by atoms with van der Waals surface area (Å²) < 4.78 is 30.4. The quantitative estimate of drug-likeness (QED) is 0.0563. The Kier molecular flexibility index (Phi) is 17.0. The molecule has 6 aromatic rings. The largest absolute Gasteiger partial charge is 0.491 e. The number of hydrogen-bond acceptors (Lipinski definition) is 13. The first kappa shape index (κ1) is 48.3. The zero-order chi connectivity index (χ0) is 45.1. The number of amides is 2. The zero-order valence-corrected chi connectivity index (χ0v) is 39.6. The number of carbonyl (C=O) groups excluding carboxylic acids is 2. The molecule has 15 nitrogen and oxygen atoms in total. The van der Waals surface area contributed by atoms with Gasteiger partial charge in [0.25, 0.3) is 0 Å². The minimum Gasteiger partial charge on any atom is -0.491 e. The van der Waals surface area contributed by atoms with Crippen LogP contribution in [0, 0.1) is 20.8 Å². The SMILES string of the molecule is Cc1sc2c(c1C)C(c1ccc(Cl)cc1)=N[C@@H](CC(=O)Nc1ccc(OCCOCCOCCOCCOCCNc3ccc(-c4ccc5c(c4)CC(=O)N5)cn3)cc1)c1nnc(C)n1-2.S. The molecular weight excluding hydrogens is 900 g/mol. The Labute approximate surface area is 399 Å². The maximum absolute atomic E-state index is 13.5. The summed E-state index contributed by atoms with van der Waals surface area (Å²) in [7, 11) is 0. The summed E-state index contributed by atoms with van der Waals surface area (Å²) in [4.78, 5) is 36.0. The molecule has 3 aromatic carbocycles. The monoisotopic (exact) mass is 952 g/mol. The number of rotatable bonds is 22. The van der Waals surface area contributed by atoms with Crippen LogP contribution in [0.2, 0.25) is 5.02 Å². The maximum Gasteiger partial charge on any atom is 0.228 e. The van der Waals surface area contributed by atoms with Crippen LogP contribution in [-0.2, 0) is 35.0 Å². The van der Waals surface area contributed by atoms with Crippen LogP contribution in [0.5, 0.6) is 5.75 Å². The van der Waals surface area contributed by atoms with E-state index in [9.17, 15) is 9.59 Å². The number of fused-ring (bicyclic) bond motifs is 4. The van der Waals surface area contributed by atoms with Gasteiger partial charge in [-0.3, -0.25) is 19.1 Å². The van der Waals surface area contributed by atoms with Crippen molar-refractivity contribution < 1.29 is 33.3 Å². The summed E-state index contributed by atoms with van der Waals surface area (Å²) >= 11 is 7.91. The lowest BCUT2D eigenvalue weighted by molar-refractivity contribution is -0.117. The van der Waals surface area contributed by atoms with Crippen LogP contribution in [0.25, 0.3) is 16.1 Å². The number of pyridine rings is 1. The molecule has 0 aliphatic carbocycles. The van der Waals surface area contributed by atoms with Crippen molar-refractivity contribution in [3.8, 4) is 21.9 Å². The van der Waals surface area contributed by atoms with Gasteiger partial charge in [-0.15, -0.1) is 21.5 Å². The Morgan fingerprint density at radius 1 is 0.818 bits per heavy atom. The fraction of sp³-hybridized carbons (Fsp3) is 0.333. The van der Waals surface area contributed by atoms with Gasteiger partial charge in [-0.25, -0.2) is 4.98 Å². The minimum absolute atomic E-state index is 0. The van der Waals surface area contributed by atoms with Gasteiger partial charge in [0.05, 0.1) is 71.4 Å². The van der Waals surface area contributed by atoms with E-state index in [4.69, 9.17) is 40.3 Å². The lowest BCUT2D eigenvalue weighted by Gasteiger charge is -2.13. The molecule has 0 saturated heterocycles. The standard InChI is InChI=1S/C48H51ClN8O7S.H2S/c1-30-31(2)65-48-45(30)46(33-4-8-37(49)9-5-33)54-41(47-56-55-32(3)57(47)48)28-44(59)52-38-10-12-39(13-11-38)64-25-24-63-23-22-62-21-20-61-19-18-60-17-16-50-42-15-7-35(29-51-42)34-6-14-40-36(26-34)27-43(58)53-40;/h4-15,26,29,41H,16-25,27-28H2,1-3H3,(H,50,51)(H,52,59)(H,53,58);1H2/t41-;/m0./s1. The second kappa shape index (κ2) is 23.2. The molecule has 0 unspecified atom stereocenters. The first-order valence-electron chi connectivity index (χ1n) is 21.5. The van der Waals surface area contributed by atoms with Crippen molar-refractivity contribution in [3.63, 3.8) is 0 Å². The summed E-state index contributed by atoms with van der Waals surface area (Å²) in [6, 6.07) is 24.2. The molecule has 2 amide bonds. The smallest absolute Gasteiger partial charge is 0.228 e. The number of anilines is 3. The lowest BCUT2D eigenvalue weighted by Crippen LogP contribution is -2.17. The van der Waals surface area contributed by atoms with Crippen molar-refractivity contribution in [2.45, 2.75) is 39.7 Å². The Morgan fingerprint density at radius 3 is 2.18 bits per heavy atom. The molecule has 3 aromatic heterocycles. The van der Waals surface area contributed by atoms with Crippen molar-refractivity contribution in [1.82, 2.24) is 19.7 Å². The van der Waals surface area contributed by atoms with E-state index < -0.39 is 6.04 Å². The van der Waals surface area contributed by atoms with E-state index in [-0.39, 0.29) is 31.7 Å². The van der Waals surface area contributed by atoms with E-state index in [0.717, 1.165) is 61.4 Å². The Morgan fingerprint density at radius 2 is 1.48 bits per heavy atom. The zero-order valence-electron chi connectivity index (χ0n) is 37.0. The van der Waals surface area contributed by atoms with E-state index in [1.54, 1.807) is 23.5 Å². The highest BCUT2D eigenvalue weighted by molar-refractivity contribution is 7.59. The predicted molar refractivity (Wildman–Crippen MR) is 263 cm³/mol. The van der Waals surface area contributed by atoms with Gasteiger partial charge >= 0.3 is 0 Å². The van der Waals surface area contributed by atoms with Gasteiger partial charge in [-0.1, -0.05) is 29.8 Å². The molecule has 1 atom stereocenters. The average Bonchev–Trinajstić information content (AvgIpc) is 3.95. The molecule has 66 heavy (non-hydrogen) atoms. The number of benzene rings is 3. The number of nitrogens with zero attached hydrogens (tertiary/aromatic N) is 5. The third-order valence-electron chi connectivity index (χ3n) is 10.9. The van der Waals surface area contributed by atoms with Crippen molar-refractivity contribution in [2.75, 3.05) is 82.0 Å². The molecule has 0 bridgehead atoms. The van der Waals surface area contributed by atoms with E-state index in [1.165, 1.54) is 4.88 Å². The fourth-order valence-corrected chi connectivity index (χ4v) is 8.80. The third kappa shape index (κ3) is 12.2. The summed E-state index contributed by atoms with van der Waals surface area (Å²) in [5.74, 6) is 2.62. The number of aryl methyl sites for hydroxylation is 2. The highest BCUT2D eigenvalue weighted by Gasteiger charge is 2.32. The molecule has 5 heterocycles. The van der Waals surface area contributed by atoms with Crippen LogP contribution in [0.1, 0.15) is 51.2 Å². The van der Waals surface area contributed by atoms with E-state index in [2.05, 4.69) is 45.0 Å². The second-order valence-electron chi connectivity index (χ2n) is 15.4. The van der Waals surface area contributed by atoms with Gasteiger partial charge in [0.1, 0.15) is 35.0 Å². The first-order chi connectivity index (χ1) is 31.7. The van der Waals surface area contributed by atoms with Crippen molar-refractivity contribution in [1.29, 1.82) is 0 Å². The molecule has 18 heteroatoms. The maximum atomic E-state index is 13.5. The van der Waals surface area contributed by atoms with Crippen LogP contribution in [0.3, 0.4) is 0 Å². The predicted octanol–water partition coefficient (Wildman–Crippen LogP) is 8.06. The van der Waals surface area contributed by atoms with E-state index >= 15 is 0 Å². The number of hydrogen-bond donors (Lipinski definition) is 3. The molecular formula is C48H53ClN8O7S2. The molecule has 2 aliphatic rings. The molecule has 0 spiro atoms. The molecule has 3 N–H and O–H groups in total. The summed E-state index contributed by atoms with van der Waals surface area (Å²) in [5, 5.41) is 19.7. The molecule has 0 saturated carbocycles. The third-order valence-corrected chi connectivity index (χ3v) is 12.3. The summed E-state index contributed by atoms with van der Waals surface area (Å²) in [6.07, 6.45) is 2.31. The molecule has 2 aliphatic heterocycles. The number of nitrogens with one attached hydrogen (secondary N) is 3. The van der Waals surface area contributed by atoms with Gasteiger partial charge in [0.15, 0.2) is 5.82 Å². The fourth-order valence-electron chi connectivity index (χ4n) is 7.46. The number of aliphatic imine (C=N–C) groups is 1. The molecule has 0 fully saturated rings. The summed E-state index contributed by atoms with van der Waals surface area (Å²) in [5.41, 5.74) is 8.42. The molecule has 0 radical (unpaired) electrons. The molecule has 346 valence electrons. The number of thiophene rings is 1. The number of ether oxygens (including phenoxy) is 5. The van der Waals surface area contributed by atoms with E-state index in [0.29, 0.717) is 94.7 Å². The lowest BCUT2D eigenvalue weighted by atomic mass is 9.99. The van der Waals surface area contributed by atoms with Gasteiger partial charge in [-0.2, -0.15) is 13.5 Å². The van der Waals surface area contributed by atoms with Crippen LogP contribution in [0.4, 0.5) is 17.2 Å². The van der Waals surface area contributed by atoms with Crippen LogP contribution in [0.15, 0.2) is 90.1 Å². The Balaban J connectivity index is 0.00000648. The van der Waals surface area contributed by atoms with Crippen LogP contribution < -0.4 is 20.7 Å². The first-order valence-corrected chi connectivity index (χ1v) is 22.7. The number of halogens is 1. The number of aromatic nitrogens is 4. The van der Waals surface area contributed by atoms with Crippen molar-refractivity contribution in [3.05, 3.63) is 129 Å². The Hall–Kier alpha value is -5.66. The van der Waals surface area contributed by atoms with Gasteiger partial charge in [-0.05, 0) is 98.1 Å². The Bertz CT molecular complexity index is 2620. The highest BCUT2D eigenvalue weighted by atomic mass is 35.5. The van der Waals surface area contributed by atoms with Gasteiger partial charge < -0.3 is 39.6 Å². The normalized spacial score (nSPS) is 13.7. The van der Waals surface area contributed by atoms with Crippen molar-refractivity contribution >= 4 is 71.2 Å². The highest BCUT2D eigenvalue weighted by Crippen LogP contribution is 2.40. The van der Waals surface area contributed by atoms with E-state index in [1.807, 2.05) is 84.4 Å². The van der Waals surface area contributed by atoms with Gasteiger partial charge in [0, 0.05) is 50.7 Å². The summed E-state index contributed by atoms with van der Waals surface area (Å²) in [6.45, 7) is 10.8. The molecule has 8 rings (SSSR count). The average molecular weight is 954 g/mol. The van der Waals surface area contributed by atoms with Crippen LogP contribution in [-0.4, -0.2) is 103 Å². The van der Waals surface area contributed by atoms with Crippen LogP contribution >= 0.6 is 36.4 Å².